The van der Waals surface area contributed by atoms with Gasteiger partial charge >= 0.3 is 0 Å². The van der Waals surface area contributed by atoms with Crippen LogP contribution in [0, 0.1) is 5.92 Å². The summed E-state index contributed by atoms with van der Waals surface area (Å²) < 4.78 is 17.9. The molecule has 0 bridgehead atoms. The van der Waals surface area contributed by atoms with Gasteiger partial charge in [0, 0.05) is 7.05 Å². The SMILES string of the molecule is CC(C)[C@]1(C)COS(=O)N1C. The van der Waals surface area contributed by atoms with Crippen molar-refractivity contribution in [3.8, 4) is 0 Å². The Labute approximate surface area is 70.5 Å². The average molecular weight is 177 g/mol. The lowest BCUT2D eigenvalue weighted by atomic mass is 9.90. The van der Waals surface area contributed by atoms with Gasteiger partial charge in [-0.3, -0.25) is 4.18 Å². The molecule has 0 aromatic rings. The fraction of sp³-hybridized carbons (Fsp3) is 1.00. The molecule has 0 spiro atoms. The van der Waals surface area contributed by atoms with E-state index in [4.69, 9.17) is 4.18 Å². The van der Waals surface area contributed by atoms with Crippen molar-refractivity contribution in [2.75, 3.05) is 13.7 Å². The van der Waals surface area contributed by atoms with E-state index in [0.29, 0.717) is 12.5 Å². The minimum atomic E-state index is -1.22. The molecule has 66 valence electrons. The molecule has 3 nitrogen and oxygen atoms in total. The topological polar surface area (TPSA) is 29.5 Å². The normalized spacial score (nSPS) is 40.3. The van der Waals surface area contributed by atoms with Gasteiger partial charge < -0.3 is 0 Å². The molecule has 1 heterocycles. The van der Waals surface area contributed by atoms with Crippen LogP contribution in [-0.2, 0) is 15.4 Å². The van der Waals surface area contributed by atoms with E-state index in [9.17, 15) is 4.21 Å². The lowest BCUT2D eigenvalue weighted by Crippen LogP contribution is -2.45. The van der Waals surface area contributed by atoms with Gasteiger partial charge in [0.25, 0.3) is 0 Å². The second kappa shape index (κ2) is 2.84. The minimum absolute atomic E-state index is 0.0646. The monoisotopic (exact) mass is 177 g/mol. The molecule has 0 aromatic carbocycles. The van der Waals surface area contributed by atoms with Crippen molar-refractivity contribution in [2.24, 2.45) is 5.92 Å². The fourth-order valence-corrected chi connectivity index (χ4v) is 2.14. The van der Waals surface area contributed by atoms with Crippen LogP contribution in [-0.4, -0.2) is 27.7 Å². The predicted molar refractivity (Wildman–Crippen MR) is 45.1 cm³/mol. The van der Waals surface area contributed by atoms with Gasteiger partial charge in [-0.05, 0) is 12.8 Å². The first kappa shape index (κ1) is 9.16. The standard InChI is InChI=1S/C7H15NO2S/c1-6(2)7(3)5-10-11(9)8(7)4/h6H,5H2,1-4H3/t7-,11?/m0/s1. The lowest BCUT2D eigenvalue weighted by molar-refractivity contribution is 0.162. The molecule has 4 heteroatoms. The zero-order valence-electron chi connectivity index (χ0n) is 7.46. The second-order valence-electron chi connectivity index (χ2n) is 3.49. The van der Waals surface area contributed by atoms with Crippen LogP contribution in [0.1, 0.15) is 20.8 Å². The maximum atomic E-state index is 11.1. The van der Waals surface area contributed by atoms with Gasteiger partial charge in [0.05, 0.1) is 12.1 Å². The summed E-state index contributed by atoms with van der Waals surface area (Å²) in [7, 11) is 1.84. The summed E-state index contributed by atoms with van der Waals surface area (Å²) in [5.74, 6) is 0.457. The molecule has 2 atom stereocenters. The van der Waals surface area contributed by atoms with Crippen molar-refractivity contribution in [3.63, 3.8) is 0 Å². The number of hydrogen-bond donors (Lipinski definition) is 0. The largest absolute Gasteiger partial charge is 0.276 e. The summed E-state index contributed by atoms with van der Waals surface area (Å²) in [5.41, 5.74) is -0.0646. The number of likely N-dealkylation sites (N-methyl/N-ethyl adjacent to an activating group) is 1. The van der Waals surface area contributed by atoms with Crippen LogP contribution >= 0.6 is 0 Å². The van der Waals surface area contributed by atoms with E-state index in [2.05, 4.69) is 20.8 Å². The van der Waals surface area contributed by atoms with Gasteiger partial charge in [-0.2, -0.15) is 4.31 Å². The molecular formula is C7H15NO2S. The fourth-order valence-electron chi connectivity index (χ4n) is 1.04. The summed E-state index contributed by atoms with van der Waals surface area (Å²) in [6, 6.07) is 0. The Kier molecular flexibility index (Phi) is 2.37. The summed E-state index contributed by atoms with van der Waals surface area (Å²) >= 11 is -1.22. The third-order valence-electron chi connectivity index (χ3n) is 2.64. The Morgan fingerprint density at radius 3 is 2.36 bits per heavy atom. The van der Waals surface area contributed by atoms with Crippen molar-refractivity contribution in [2.45, 2.75) is 26.3 Å². The van der Waals surface area contributed by atoms with E-state index in [1.54, 1.807) is 4.31 Å². The Balaban J connectivity index is 2.81. The van der Waals surface area contributed by atoms with Crippen LogP contribution < -0.4 is 0 Å². The summed E-state index contributed by atoms with van der Waals surface area (Å²) in [5, 5.41) is 0. The Morgan fingerprint density at radius 2 is 2.18 bits per heavy atom. The third kappa shape index (κ3) is 1.35. The highest BCUT2D eigenvalue weighted by molar-refractivity contribution is 7.78. The summed E-state index contributed by atoms with van der Waals surface area (Å²) in [4.78, 5) is 0. The first-order valence-electron chi connectivity index (χ1n) is 3.77. The van der Waals surface area contributed by atoms with Crippen molar-refractivity contribution in [1.29, 1.82) is 0 Å². The van der Waals surface area contributed by atoms with Gasteiger partial charge in [-0.15, -0.1) is 0 Å². The molecule has 0 radical (unpaired) electrons. The average Bonchev–Trinajstić information content (AvgIpc) is 2.18. The molecule has 1 unspecified atom stereocenters. The zero-order valence-corrected chi connectivity index (χ0v) is 8.27. The van der Waals surface area contributed by atoms with Crippen molar-refractivity contribution >= 4 is 11.3 Å². The van der Waals surface area contributed by atoms with Crippen LogP contribution in [0.4, 0.5) is 0 Å². The molecule has 1 aliphatic heterocycles. The van der Waals surface area contributed by atoms with Crippen LogP contribution in [0.25, 0.3) is 0 Å². The molecule has 0 aliphatic carbocycles. The van der Waals surface area contributed by atoms with Gasteiger partial charge in [0.1, 0.15) is 0 Å². The number of nitrogens with zero attached hydrogens (tertiary/aromatic N) is 1. The summed E-state index contributed by atoms with van der Waals surface area (Å²) in [6.07, 6.45) is 0. The van der Waals surface area contributed by atoms with Crippen molar-refractivity contribution in [3.05, 3.63) is 0 Å². The molecule has 0 N–H and O–H groups in total. The molecule has 11 heavy (non-hydrogen) atoms. The Hall–Kier alpha value is 0.0700. The van der Waals surface area contributed by atoms with Crippen LogP contribution in [0.3, 0.4) is 0 Å². The van der Waals surface area contributed by atoms with Gasteiger partial charge in [0.15, 0.2) is 0 Å². The molecule has 0 saturated carbocycles. The number of hydrogen-bond acceptors (Lipinski definition) is 2. The maximum absolute atomic E-state index is 11.1. The Bertz CT molecular complexity index is 183. The lowest BCUT2D eigenvalue weighted by Gasteiger charge is -2.31. The maximum Gasteiger partial charge on any atom is 0.237 e. The molecule has 0 amide bonds. The smallest absolute Gasteiger partial charge is 0.237 e. The summed E-state index contributed by atoms with van der Waals surface area (Å²) in [6.45, 7) is 6.86. The molecule has 1 rings (SSSR count). The van der Waals surface area contributed by atoms with Crippen molar-refractivity contribution in [1.82, 2.24) is 4.31 Å². The van der Waals surface area contributed by atoms with Crippen LogP contribution in [0.5, 0.6) is 0 Å². The highest BCUT2D eigenvalue weighted by Crippen LogP contribution is 2.30. The van der Waals surface area contributed by atoms with E-state index >= 15 is 0 Å². The third-order valence-corrected chi connectivity index (χ3v) is 3.82. The predicted octanol–water partition coefficient (Wildman–Crippen LogP) is 0.942. The molecule has 0 aromatic heterocycles. The highest BCUT2D eigenvalue weighted by atomic mass is 32.2. The molecular weight excluding hydrogens is 162 g/mol. The molecule has 1 fully saturated rings. The first-order valence-corrected chi connectivity index (χ1v) is 4.80. The van der Waals surface area contributed by atoms with E-state index in [-0.39, 0.29) is 5.54 Å². The molecule has 1 aliphatic rings. The van der Waals surface area contributed by atoms with Crippen LogP contribution in [0.2, 0.25) is 0 Å². The highest BCUT2D eigenvalue weighted by Gasteiger charge is 2.42. The Morgan fingerprint density at radius 1 is 1.64 bits per heavy atom. The van der Waals surface area contributed by atoms with E-state index in [1.165, 1.54) is 0 Å². The van der Waals surface area contributed by atoms with E-state index in [0.717, 1.165) is 0 Å². The van der Waals surface area contributed by atoms with Gasteiger partial charge in [-0.1, -0.05) is 13.8 Å². The van der Waals surface area contributed by atoms with E-state index in [1.807, 2.05) is 7.05 Å². The molecule has 1 saturated heterocycles. The van der Waals surface area contributed by atoms with Gasteiger partial charge in [0.2, 0.25) is 11.3 Å². The zero-order chi connectivity index (χ0) is 8.65. The van der Waals surface area contributed by atoms with Gasteiger partial charge in [-0.25, -0.2) is 4.21 Å². The quantitative estimate of drug-likeness (QED) is 0.596. The minimum Gasteiger partial charge on any atom is -0.276 e. The van der Waals surface area contributed by atoms with Crippen LogP contribution in [0.15, 0.2) is 0 Å². The second-order valence-corrected chi connectivity index (χ2v) is 4.71. The van der Waals surface area contributed by atoms with E-state index < -0.39 is 11.3 Å². The first-order chi connectivity index (χ1) is 4.98. The number of rotatable bonds is 1. The van der Waals surface area contributed by atoms with Crippen molar-refractivity contribution < 1.29 is 8.39 Å².